The maximum absolute atomic E-state index is 12.5. The Morgan fingerprint density at radius 3 is 2.73 bits per heavy atom. The molecule has 1 fully saturated rings. The lowest BCUT2D eigenvalue weighted by Crippen LogP contribution is -2.40. The lowest BCUT2D eigenvalue weighted by molar-refractivity contribution is -0.132. The van der Waals surface area contributed by atoms with Crippen LogP contribution in [0, 0.1) is 6.92 Å². The van der Waals surface area contributed by atoms with Crippen molar-refractivity contribution in [3.05, 3.63) is 32.1 Å². The van der Waals surface area contributed by atoms with E-state index in [1.807, 2.05) is 6.92 Å². The highest BCUT2D eigenvalue weighted by atomic mass is 16.5. The predicted molar refractivity (Wildman–Crippen MR) is 82.0 cm³/mol. The van der Waals surface area contributed by atoms with Crippen molar-refractivity contribution in [3.8, 4) is 0 Å². The number of hydrogen-bond acceptors (Lipinski definition) is 4. The average molecular weight is 309 g/mol. The van der Waals surface area contributed by atoms with Crippen molar-refractivity contribution in [1.29, 1.82) is 0 Å². The Morgan fingerprint density at radius 1 is 1.36 bits per heavy atom. The quantitative estimate of drug-likeness (QED) is 0.791. The van der Waals surface area contributed by atoms with Crippen molar-refractivity contribution in [2.45, 2.75) is 45.6 Å². The summed E-state index contributed by atoms with van der Waals surface area (Å²) in [6, 6.07) is 0. The molecular formula is C15H23N3O4. The van der Waals surface area contributed by atoms with Crippen molar-refractivity contribution in [2.75, 3.05) is 19.7 Å². The highest BCUT2D eigenvalue weighted by Crippen LogP contribution is 2.14. The average Bonchev–Trinajstić information content (AvgIpc) is 2.95. The van der Waals surface area contributed by atoms with E-state index in [0.717, 1.165) is 25.9 Å². The Labute approximate surface area is 128 Å². The smallest absolute Gasteiger partial charge is 0.325 e. The summed E-state index contributed by atoms with van der Waals surface area (Å²) < 4.78 is 5.58. The van der Waals surface area contributed by atoms with Crippen LogP contribution in [-0.4, -0.2) is 46.6 Å². The van der Waals surface area contributed by atoms with Gasteiger partial charge in [0, 0.05) is 31.0 Å². The second-order valence-corrected chi connectivity index (χ2v) is 5.66. The molecule has 0 aliphatic carbocycles. The van der Waals surface area contributed by atoms with Crippen LogP contribution in [0.25, 0.3) is 0 Å². The molecule has 2 rings (SSSR count). The SMILES string of the molecule is CCCN(C[C@H]1CCCO1)C(=O)Cc1c(C)[nH]c(=O)[nH]c1=O. The molecule has 2 heterocycles. The number of hydrogen-bond donors (Lipinski definition) is 2. The number of carbonyl (C=O) groups excluding carboxylic acids is 1. The summed E-state index contributed by atoms with van der Waals surface area (Å²) in [5.41, 5.74) is -0.291. The van der Waals surface area contributed by atoms with Crippen molar-refractivity contribution >= 4 is 5.91 Å². The third kappa shape index (κ3) is 4.07. The minimum absolute atomic E-state index is 0.00926. The molecule has 0 bridgehead atoms. The second kappa shape index (κ2) is 7.40. The minimum Gasteiger partial charge on any atom is -0.376 e. The zero-order valence-corrected chi connectivity index (χ0v) is 13.1. The van der Waals surface area contributed by atoms with Gasteiger partial charge in [0.05, 0.1) is 12.5 Å². The molecule has 2 N–H and O–H groups in total. The van der Waals surface area contributed by atoms with Gasteiger partial charge in [-0.25, -0.2) is 4.79 Å². The van der Waals surface area contributed by atoms with Crippen LogP contribution in [0.15, 0.2) is 9.59 Å². The van der Waals surface area contributed by atoms with E-state index in [0.29, 0.717) is 24.3 Å². The van der Waals surface area contributed by atoms with Crippen LogP contribution in [0.5, 0.6) is 0 Å². The van der Waals surface area contributed by atoms with Crippen LogP contribution in [0.1, 0.15) is 37.4 Å². The number of carbonyl (C=O) groups is 1. The Bertz CT molecular complexity index is 628. The van der Waals surface area contributed by atoms with Gasteiger partial charge in [-0.1, -0.05) is 6.92 Å². The van der Waals surface area contributed by atoms with Crippen molar-refractivity contribution in [3.63, 3.8) is 0 Å². The standard InChI is InChI=1S/C15H23N3O4/c1-3-6-18(9-11-5-4-7-22-11)13(19)8-12-10(2)16-15(21)17-14(12)20/h11H,3-9H2,1-2H3,(H2,16,17,20,21)/t11-/m1/s1. The molecule has 1 aromatic rings. The van der Waals surface area contributed by atoms with Crippen LogP contribution in [0.2, 0.25) is 0 Å². The van der Waals surface area contributed by atoms with Gasteiger partial charge in [-0.05, 0) is 26.2 Å². The van der Waals surface area contributed by atoms with Gasteiger partial charge in [0.15, 0.2) is 0 Å². The maximum atomic E-state index is 12.5. The maximum Gasteiger partial charge on any atom is 0.325 e. The molecule has 1 aliphatic rings. The normalized spacial score (nSPS) is 17.6. The zero-order valence-electron chi connectivity index (χ0n) is 13.1. The number of H-pyrrole nitrogens is 2. The molecule has 1 atom stereocenters. The first-order valence-corrected chi connectivity index (χ1v) is 7.72. The summed E-state index contributed by atoms with van der Waals surface area (Å²) in [4.78, 5) is 42.0. The van der Waals surface area contributed by atoms with E-state index in [-0.39, 0.29) is 18.4 Å². The summed E-state index contributed by atoms with van der Waals surface area (Å²) in [5.74, 6) is -0.113. The number of nitrogens with one attached hydrogen (secondary N) is 2. The number of nitrogens with zero attached hydrogens (tertiary/aromatic N) is 1. The van der Waals surface area contributed by atoms with Crippen molar-refractivity contribution < 1.29 is 9.53 Å². The van der Waals surface area contributed by atoms with E-state index >= 15 is 0 Å². The van der Waals surface area contributed by atoms with Gasteiger partial charge < -0.3 is 14.6 Å². The Morgan fingerprint density at radius 2 is 2.14 bits per heavy atom. The number of amides is 1. The molecule has 0 radical (unpaired) electrons. The third-order valence-electron chi connectivity index (χ3n) is 3.88. The van der Waals surface area contributed by atoms with Gasteiger partial charge >= 0.3 is 5.69 Å². The first-order chi connectivity index (χ1) is 10.5. The molecule has 1 amide bonds. The molecule has 0 spiro atoms. The molecule has 0 saturated carbocycles. The molecular weight excluding hydrogens is 286 g/mol. The fourth-order valence-electron chi connectivity index (χ4n) is 2.72. The van der Waals surface area contributed by atoms with Crippen LogP contribution >= 0.6 is 0 Å². The first-order valence-electron chi connectivity index (χ1n) is 7.72. The molecule has 22 heavy (non-hydrogen) atoms. The van der Waals surface area contributed by atoms with Gasteiger partial charge in [0.1, 0.15) is 0 Å². The summed E-state index contributed by atoms with van der Waals surface area (Å²) in [6.45, 7) is 5.58. The van der Waals surface area contributed by atoms with E-state index in [1.165, 1.54) is 0 Å². The van der Waals surface area contributed by atoms with Crippen molar-refractivity contribution in [1.82, 2.24) is 14.9 Å². The topological polar surface area (TPSA) is 95.3 Å². The molecule has 1 saturated heterocycles. The Kier molecular flexibility index (Phi) is 5.54. The number of aromatic amines is 2. The van der Waals surface area contributed by atoms with Gasteiger partial charge in [-0.2, -0.15) is 0 Å². The Hall–Kier alpha value is -1.89. The lowest BCUT2D eigenvalue weighted by atomic mass is 10.1. The zero-order chi connectivity index (χ0) is 16.1. The Balaban J connectivity index is 2.10. The van der Waals surface area contributed by atoms with Crippen molar-refractivity contribution in [2.24, 2.45) is 0 Å². The largest absolute Gasteiger partial charge is 0.376 e. The van der Waals surface area contributed by atoms with E-state index in [9.17, 15) is 14.4 Å². The second-order valence-electron chi connectivity index (χ2n) is 5.66. The molecule has 0 aromatic carbocycles. The first kappa shape index (κ1) is 16.5. The predicted octanol–water partition coefficient (Wildman–Crippen LogP) is 0.332. The summed E-state index contributed by atoms with van der Waals surface area (Å²) >= 11 is 0. The van der Waals surface area contributed by atoms with Gasteiger partial charge in [0.2, 0.25) is 5.91 Å². The van der Waals surface area contributed by atoms with Gasteiger partial charge in [-0.3, -0.25) is 14.6 Å². The molecule has 0 unspecified atom stereocenters. The number of aryl methyl sites for hydroxylation is 1. The number of rotatable bonds is 6. The molecule has 1 aliphatic heterocycles. The number of aromatic nitrogens is 2. The molecule has 122 valence electrons. The number of ether oxygens (including phenoxy) is 1. The van der Waals surface area contributed by atoms with E-state index < -0.39 is 11.2 Å². The van der Waals surface area contributed by atoms with Crippen LogP contribution < -0.4 is 11.2 Å². The fourth-order valence-corrected chi connectivity index (χ4v) is 2.72. The summed E-state index contributed by atoms with van der Waals surface area (Å²) in [7, 11) is 0. The van der Waals surface area contributed by atoms with Gasteiger partial charge in [0.25, 0.3) is 5.56 Å². The van der Waals surface area contributed by atoms with E-state index in [4.69, 9.17) is 4.74 Å². The van der Waals surface area contributed by atoms with Crippen LogP contribution in [0.3, 0.4) is 0 Å². The molecule has 7 heteroatoms. The fraction of sp³-hybridized carbons (Fsp3) is 0.667. The molecule has 1 aromatic heterocycles. The van der Waals surface area contributed by atoms with E-state index in [1.54, 1.807) is 11.8 Å². The van der Waals surface area contributed by atoms with E-state index in [2.05, 4.69) is 9.97 Å². The minimum atomic E-state index is -0.552. The highest BCUT2D eigenvalue weighted by Gasteiger charge is 2.23. The summed E-state index contributed by atoms with van der Waals surface area (Å²) in [5, 5.41) is 0. The third-order valence-corrected chi connectivity index (χ3v) is 3.88. The molecule has 7 nitrogen and oxygen atoms in total. The highest BCUT2D eigenvalue weighted by molar-refractivity contribution is 5.78. The van der Waals surface area contributed by atoms with Crippen LogP contribution in [0.4, 0.5) is 0 Å². The summed E-state index contributed by atoms with van der Waals surface area (Å²) in [6.07, 6.45) is 2.92. The van der Waals surface area contributed by atoms with Crippen LogP contribution in [-0.2, 0) is 16.0 Å². The van der Waals surface area contributed by atoms with Gasteiger partial charge in [-0.15, -0.1) is 0 Å². The lowest BCUT2D eigenvalue weighted by Gasteiger charge is -2.25. The monoisotopic (exact) mass is 309 g/mol.